The molecule has 0 bridgehead atoms. The van der Waals surface area contributed by atoms with Crippen molar-refractivity contribution < 1.29 is 9.90 Å². The summed E-state index contributed by atoms with van der Waals surface area (Å²) in [5.41, 5.74) is 2.15. The van der Waals surface area contributed by atoms with Crippen LogP contribution in [0.1, 0.15) is 48.0 Å². The van der Waals surface area contributed by atoms with Gasteiger partial charge < -0.3 is 10.4 Å². The SMILES string of the molecule is O=C(O)c1ccc(CNC2CC23CCCC3)cc1. The molecule has 2 aliphatic rings. The second-order valence-corrected chi connectivity index (χ2v) is 5.71. The van der Waals surface area contributed by atoms with Crippen LogP contribution in [0.3, 0.4) is 0 Å². The maximum atomic E-state index is 10.7. The number of carboxylic acids is 1. The Morgan fingerprint density at radius 1 is 1.28 bits per heavy atom. The van der Waals surface area contributed by atoms with Gasteiger partial charge in [0.1, 0.15) is 0 Å². The Kier molecular flexibility index (Phi) is 2.86. The van der Waals surface area contributed by atoms with Gasteiger partial charge in [-0.1, -0.05) is 25.0 Å². The number of nitrogens with one attached hydrogen (secondary N) is 1. The zero-order valence-electron chi connectivity index (χ0n) is 10.5. The Hall–Kier alpha value is -1.35. The zero-order chi connectivity index (χ0) is 12.6. The maximum Gasteiger partial charge on any atom is 0.335 e. The number of carbonyl (C=O) groups is 1. The Morgan fingerprint density at radius 3 is 2.56 bits per heavy atom. The van der Waals surface area contributed by atoms with Gasteiger partial charge in [-0.05, 0) is 42.4 Å². The van der Waals surface area contributed by atoms with Crippen molar-refractivity contribution in [2.75, 3.05) is 0 Å². The minimum atomic E-state index is -0.860. The van der Waals surface area contributed by atoms with E-state index in [2.05, 4.69) is 5.32 Å². The first-order chi connectivity index (χ1) is 8.70. The molecule has 0 saturated heterocycles. The molecule has 96 valence electrons. The first-order valence-electron chi connectivity index (χ1n) is 6.75. The summed E-state index contributed by atoms with van der Waals surface area (Å²) in [7, 11) is 0. The Bertz CT molecular complexity index is 446. The summed E-state index contributed by atoms with van der Waals surface area (Å²) in [4.78, 5) is 10.7. The maximum absolute atomic E-state index is 10.7. The van der Waals surface area contributed by atoms with Crippen LogP contribution in [0.25, 0.3) is 0 Å². The minimum Gasteiger partial charge on any atom is -0.478 e. The lowest BCUT2D eigenvalue weighted by atomic mass is 10.1. The van der Waals surface area contributed by atoms with Crippen molar-refractivity contribution in [1.82, 2.24) is 5.32 Å². The summed E-state index contributed by atoms with van der Waals surface area (Å²) in [5.74, 6) is -0.860. The van der Waals surface area contributed by atoms with Gasteiger partial charge in [0.25, 0.3) is 0 Å². The van der Waals surface area contributed by atoms with Gasteiger partial charge in [0.2, 0.25) is 0 Å². The highest BCUT2D eigenvalue weighted by Crippen LogP contribution is 2.57. The van der Waals surface area contributed by atoms with Crippen LogP contribution in [0.4, 0.5) is 0 Å². The van der Waals surface area contributed by atoms with Crippen LogP contribution in [0.2, 0.25) is 0 Å². The number of benzene rings is 1. The molecule has 0 aliphatic heterocycles. The molecule has 0 amide bonds. The summed E-state index contributed by atoms with van der Waals surface area (Å²) in [6.07, 6.45) is 6.91. The van der Waals surface area contributed by atoms with Gasteiger partial charge in [-0.15, -0.1) is 0 Å². The van der Waals surface area contributed by atoms with Crippen molar-refractivity contribution in [3.63, 3.8) is 0 Å². The first kappa shape index (κ1) is 11.7. The normalized spacial score (nSPS) is 24.3. The van der Waals surface area contributed by atoms with E-state index in [0.717, 1.165) is 6.54 Å². The van der Waals surface area contributed by atoms with Gasteiger partial charge in [0, 0.05) is 12.6 Å². The highest BCUT2D eigenvalue weighted by atomic mass is 16.4. The zero-order valence-corrected chi connectivity index (χ0v) is 10.5. The van der Waals surface area contributed by atoms with Gasteiger partial charge in [0.05, 0.1) is 5.56 Å². The standard InChI is InChI=1S/C15H19NO2/c17-14(18)12-5-3-11(4-6-12)10-16-13-9-15(13)7-1-2-8-15/h3-6,13,16H,1-2,7-10H2,(H,17,18). The van der Waals surface area contributed by atoms with Crippen LogP contribution in [-0.2, 0) is 6.54 Å². The largest absolute Gasteiger partial charge is 0.478 e. The van der Waals surface area contributed by atoms with Crippen LogP contribution in [0.5, 0.6) is 0 Å². The molecule has 2 aliphatic carbocycles. The molecule has 3 nitrogen and oxygen atoms in total. The Balaban J connectivity index is 1.53. The van der Waals surface area contributed by atoms with E-state index in [0.29, 0.717) is 17.0 Å². The number of hydrogen-bond acceptors (Lipinski definition) is 2. The smallest absolute Gasteiger partial charge is 0.335 e. The predicted molar refractivity (Wildman–Crippen MR) is 69.5 cm³/mol. The third-order valence-electron chi connectivity index (χ3n) is 4.54. The Labute approximate surface area is 107 Å². The molecule has 18 heavy (non-hydrogen) atoms. The highest BCUT2D eigenvalue weighted by Gasteiger charge is 2.54. The van der Waals surface area contributed by atoms with E-state index in [9.17, 15) is 4.79 Å². The van der Waals surface area contributed by atoms with E-state index >= 15 is 0 Å². The molecule has 1 aromatic rings. The van der Waals surface area contributed by atoms with E-state index in [1.54, 1.807) is 12.1 Å². The number of hydrogen-bond donors (Lipinski definition) is 2. The molecule has 1 spiro atoms. The molecule has 0 aromatic heterocycles. The van der Waals surface area contributed by atoms with E-state index in [1.165, 1.54) is 37.7 Å². The fraction of sp³-hybridized carbons (Fsp3) is 0.533. The number of carboxylic acid groups (broad SMARTS) is 1. The fourth-order valence-corrected chi connectivity index (χ4v) is 3.27. The molecule has 0 radical (unpaired) electrons. The summed E-state index contributed by atoms with van der Waals surface area (Å²) < 4.78 is 0. The van der Waals surface area contributed by atoms with Crippen molar-refractivity contribution in [2.45, 2.75) is 44.7 Å². The fourth-order valence-electron chi connectivity index (χ4n) is 3.27. The van der Waals surface area contributed by atoms with Gasteiger partial charge >= 0.3 is 5.97 Å². The van der Waals surface area contributed by atoms with Crippen molar-refractivity contribution >= 4 is 5.97 Å². The Morgan fingerprint density at radius 2 is 1.94 bits per heavy atom. The van der Waals surface area contributed by atoms with E-state index in [-0.39, 0.29) is 0 Å². The molecule has 2 N–H and O–H groups in total. The van der Waals surface area contributed by atoms with Crippen LogP contribution in [0.15, 0.2) is 24.3 Å². The van der Waals surface area contributed by atoms with Gasteiger partial charge in [-0.3, -0.25) is 0 Å². The van der Waals surface area contributed by atoms with Gasteiger partial charge in [-0.25, -0.2) is 4.79 Å². The molecule has 1 aromatic carbocycles. The molecule has 3 heteroatoms. The predicted octanol–water partition coefficient (Wildman–Crippen LogP) is 2.81. The average molecular weight is 245 g/mol. The summed E-state index contributed by atoms with van der Waals surface area (Å²) in [6.45, 7) is 0.853. The van der Waals surface area contributed by atoms with E-state index in [1.807, 2.05) is 12.1 Å². The third kappa shape index (κ3) is 2.15. The second kappa shape index (κ2) is 4.39. The highest BCUT2D eigenvalue weighted by molar-refractivity contribution is 5.87. The topological polar surface area (TPSA) is 49.3 Å². The van der Waals surface area contributed by atoms with Crippen LogP contribution < -0.4 is 5.32 Å². The second-order valence-electron chi connectivity index (χ2n) is 5.71. The van der Waals surface area contributed by atoms with Gasteiger partial charge in [0.15, 0.2) is 0 Å². The molecule has 1 atom stereocenters. The lowest BCUT2D eigenvalue weighted by Gasteiger charge is -2.09. The first-order valence-corrected chi connectivity index (χ1v) is 6.75. The van der Waals surface area contributed by atoms with E-state index < -0.39 is 5.97 Å². The summed E-state index contributed by atoms with van der Waals surface area (Å²) >= 11 is 0. The van der Waals surface area contributed by atoms with Gasteiger partial charge in [-0.2, -0.15) is 0 Å². The average Bonchev–Trinajstić information content (AvgIpc) is 2.81. The molecule has 1 unspecified atom stereocenters. The lowest BCUT2D eigenvalue weighted by Crippen LogP contribution is -2.21. The van der Waals surface area contributed by atoms with Crippen LogP contribution >= 0.6 is 0 Å². The molecule has 2 saturated carbocycles. The minimum absolute atomic E-state index is 0.359. The number of rotatable bonds is 4. The van der Waals surface area contributed by atoms with Crippen molar-refractivity contribution in [2.24, 2.45) is 5.41 Å². The van der Waals surface area contributed by atoms with Crippen molar-refractivity contribution in [1.29, 1.82) is 0 Å². The van der Waals surface area contributed by atoms with Crippen LogP contribution in [0, 0.1) is 5.41 Å². The van der Waals surface area contributed by atoms with Crippen LogP contribution in [-0.4, -0.2) is 17.1 Å². The molecule has 0 heterocycles. The summed E-state index contributed by atoms with van der Waals surface area (Å²) in [6, 6.07) is 7.86. The van der Waals surface area contributed by atoms with Crippen molar-refractivity contribution in [3.05, 3.63) is 35.4 Å². The lowest BCUT2D eigenvalue weighted by molar-refractivity contribution is 0.0697. The molecular weight excluding hydrogens is 226 g/mol. The van der Waals surface area contributed by atoms with E-state index in [4.69, 9.17) is 5.11 Å². The molecular formula is C15H19NO2. The monoisotopic (exact) mass is 245 g/mol. The third-order valence-corrected chi connectivity index (χ3v) is 4.54. The van der Waals surface area contributed by atoms with Crippen molar-refractivity contribution in [3.8, 4) is 0 Å². The summed E-state index contributed by atoms with van der Waals surface area (Å²) in [5, 5.41) is 12.4. The number of aromatic carboxylic acids is 1. The molecule has 3 rings (SSSR count). The molecule has 2 fully saturated rings. The quantitative estimate of drug-likeness (QED) is 0.857.